The lowest BCUT2D eigenvalue weighted by Gasteiger charge is -2.14. The number of ether oxygens (including phenoxy) is 1. The first-order valence-electron chi connectivity index (χ1n) is 6.55. The predicted octanol–water partition coefficient (Wildman–Crippen LogP) is 4.13. The lowest BCUT2D eigenvalue weighted by atomic mass is 10.1. The summed E-state index contributed by atoms with van der Waals surface area (Å²) in [5.41, 5.74) is 1.85. The van der Waals surface area contributed by atoms with Crippen LogP contribution >= 0.6 is 11.6 Å². The smallest absolute Gasteiger partial charge is 0.360 e. The van der Waals surface area contributed by atoms with E-state index in [0.29, 0.717) is 5.02 Å². The van der Waals surface area contributed by atoms with E-state index in [0.717, 1.165) is 16.5 Å². The summed E-state index contributed by atoms with van der Waals surface area (Å²) in [7, 11) is 0. The standard InChI is InChI=1S/C16H13ClN2O2/c1-10(11-6-2-4-8-13(11)17)21-16(20)15-12-7-3-5-9-14(12)18-19-15/h2-10H,1H3,(H,18,19). The van der Waals surface area contributed by atoms with Crippen molar-refractivity contribution in [2.24, 2.45) is 0 Å². The molecule has 3 aromatic rings. The highest BCUT2D eigenvalue weighted by Crippen LogP contribution is 2.26. The van der Waals surface area contributed by atoms with Gasteiger partial charge in [0.2, 0.25) is 0 Å². The fraction of sp³-hybridized carbons (Fsp3) is 0.125. The molecule has 0 saturated carbocycles. The Morgan fingerprint density at radius 2 is 1.90 bits per heavy atom. The largest absolute Gasteiger partial charge is 0.453 e. The minimum Gasteiger partial charge on any atom is -0.453 e. The number of para-hydroxylation sites is 1. The molecular weight excluding hydrogens is 288 g/mol. The van der Waals surface area contributed by atoms with Crippen molar-refractivity contribution in [2.45, 2.75) is 13.0 Å². The number of H-pyrrole nitrogens is 1. The van der Waals surface area contributed by atoms with E-state index in [-0.39, 0.29) is 5.69 Å². The van der Waals surface area contributed by atoms with Crippen molar-refractivity contribution >= 4 is 28.5 Å². The molecule has 1 unspecified atom stereocenters. The van der Waals surface area contributed by atoms with E-state index < -0.39 is 12.1 Å². The second kappa shape index (κ2) is 5.58. The molecule has 1 heterocycles. The van der Waals surface area contributed by atoms with Gasteiger partial charge >= 0.3 is 5.97 Å². The maximum Gasteiger partial charge on any atom is 0.360 e. The number of rotatable bonds is 3. The Hall–Kier alpha value is -2.33. The van der Waals surface area contributed by atoms with Crippen molar-refractivity contribution in [1.82, 2.24) is 10.2 Å². The van der Waals surface area contributed by atoms with Gasteiger partial charge in [-0.2, -0.15) is 5.10 Å². The van der Waals surface area contributed by atoms with E-state index in [2.05, 4.69) is 10.2 Å². The van der Waals surface area contributed by atoms with Crippen LogP contribution < -0.4 is 0 Å². The molecule has 0 spiro atoms. The molecule has 1 N–H and O–H groups in total. The zero-order valence-corrected chi connectivity index (χ0v) is 12.1. The Labute approximate surface area is 126 Å². The molecule has 0 bridgehead atoms. The van der Waals surface area contributed by atoms with Gasteiger partial charge in [-0.1, -0.05) is 48.0 Å². The second-order valence-corrected chi connectivity index (χ2v) is 5.09. The minimum absolute atomic E-state index is 0.282. The van der Waals surface area contributed by atoms with Crippen LogP contribution in [0.3, 0.4) is 0 Å². The Morgan fingerprint density at radius 3 is 2.71 bits per heavy atom. The molecule has 5 heteroatoms. The van der Waals surface area contributed by atoms with E-state index in [1.54, 1.807) is 13.0 Å². The zero-order valence-electron chi connectivity index (χ0n) is 11.3. The summed E-state index contributed by atoms with van der Waals surface area (Å²) in [6, 6.07) is 14.7. The molecule has 4 nitrogen and oxygen atoms in total. The van der Waals surface area contributed by atoms with Gasteiger partial charge in [0, 0.05) is 16.0 Å². The van der Waals surface area contributed by atoms with Crippen LogP contribution in [0, 0.1) is 0 Å². The summed E-state index contributed by atoms with van der Waals surface area (Å²) in [5, 5.41) is 8.17. The van der Waals surface area contributed by atoms with E-state index >= 15 is 0 Å². The summed E-state index contributed by atoms with van der Waals surface area (Å²) >= 11 is 6.11. The maximum atomic E-state index is 12.3. The molecule has 3 rings (SSSR count). The van der Waals surface area contributed by atoms with Crippen molar-refractivity contribution in [2.75, 3.05) is 0 Å². The topological polar surface area (TPSA) is 55.0 Å². The third kappa shape index (κ3) is 2.62. The van der Waals surface area contributed by atoms with Gasteiger partial charge in [0.25, 0.3) is 0 Å². The summed E-state index contributed by atoms with van der Waals surface area (Å²) in [5.74, 6) is -0.472. The van der Waals surface area contributed by atoms with E-state index in [1.807, 2.05) is 42.5 Å². The number of hydrogen-bond donors (Lipinski definition) is 1. The Balaban J connectivity index is 1.85. The van der Waals surface area contributed by atoms with E-state index in [9.17, 15) is 4.79 Å². The molecule has 1 atom stereocenters. The van der Waals surface area contributed by atoms with Crippen LogP contribution in [0.5, 0.6) is 0 Å². The lowest BCUT2D eigenvalue weighted by molar-refractivity contribution is 0.0333. The quantitative estimate of drug-likeness (QED) is 0.740. The molecule has 0 radical (unpaired) electrons. The second-order valence-electron chi connectivity index (χ2n) is 4.69. The van der Waals surface area contributed by atoms with E-state index in [4.69, 9.17) is 16.3 Å². The van der Waals surface area contributed by atoms with Crippen LogP contribution in [0.15, 0.2) is 48.5 Å². The number of nitrogens with zero attached hydrogens (tertiary/aromatic N) is 1. The molecular formula is C16H13ClN2O2. The molecule has 0 amide bonds. The average Bonchev–Trinajstić information content (AvgIpc) is 2.91. The maximum absolute atomic E-state index is 12.3. The highest BCUT2D eigenvalue weighted by atomic mass is 35.5. The number of benzene rings is 2. The van der Waals surface area contributed by atoms with Gasteiger partial charge in [0.15, 0.2) is 5.69 Å². The predicted molar refractivity (Wildman–Crippen MR) is 81.4 cm³/mol. The molecule has 0 aliphatic rings. The third-order valence-electron chi connectivity index (χ3n) is 3.29. The first-order valence-corrected chi connectivity index (χ1v) is 6.93. The Morgan fingerprint density at radius 1 is 1.19 bits per heavy atom. The lowest BCUT2D eigenvalue weighted by Crippen LogP contribution is -2.10. The first kappa shape index (κ1) is 13.6. The molecule has 2 aromatic carbocycles. The summed E-state index contributed by atoms with van der Waals surface area (Å²) in [6.45, 7) is 1.79. The summed E-state index contributed by atoms with van der Waals surface area (Å²) in [6.07, 6.45) is -0.443. The SMILES string of the molecule is CC(OC(=O)c1n[nH]c2ccccc12)c1ccccc1Cl. The fourth-order valence-corrected chi connectivity index (χ4v) is 2.49. The number of fused-ring (bicyclic) bond motifs is 1. The normalized spacial score (nSPS) is 12.3. The van der Waals surface area contributed by atoms with Crippen LogP contribution in [-0.2, 0) is 4.74 Å². The molecule has 0 aliphatic carbocycles. The van der Waals surface area contributed by atoms with Crippen LogP contribution in [0.25, 0.3) is 10.9 Å². The highest BCUT2D eigenvalue weighted by Gasteiger charge is 2.19. The molecule has 106 valence electrons. The highest BCUT2D eigenvalue weighted by molar-refractivity contribution is 6.31. The number of carbonyl (C=O) groups is 1. The molecule has 0 fully saturated rings. The molecule has 21 heavy (non-hydrogen) atoms. The average molecular weight is 301 g/mol. The van der Waals surface area contributed by atoms with Gasteiger partial charge in [-0.05, 0) is 19.1 Å². The van der Waals surface area contributed by atoms with Crippen LogP contribution in [-0.4, -0.2) is 16.2 Å². The van der Waals surface area contributed by atoms with Crippen LogP contribution in [0.1, 0.15) is 29.1 Å². The number of nitrogens with one attached hydrogen (secondary N) is 1. The van der Waals surface area contributed by atoms with Crippen molar-refractivity contribution in [3.05, 3.63) is 64.8 Å². The minimum atomic E-state index is -0.472. The number of carbonyl (C=O) groups excluding carboxylic acids is 1. The van der Waals surface area contributed by atoms with Gasteiger partial charge in [-0.25, -0.2) is 4.79 Å². The molecule has 0 aliphatic heterocycles. The zero-order chi connectivity index (χ0) is 14.8. The van der Waals surface area contributed by atoms with E-state index in [1.165, 1.54) is 0 Å². The number of halogens is 1. The fourth-order valence-electron chi connectivity index (χ4n) is 2.20. The molecule has 1 aromatic heterocycles. The summed E-state index contributed by atoms with van der Waals surface area (Å²) < 4.78 is 5.46. The van der Waals surface area contributed by atoms with Crippen LogP contribution in [0.4, 0.5) is 0 Å². The number of aromatic amines is 1. The number of aromatic nitrogens is 2. The number of esters is 1. The van der Waals surface area contributed by atoms with Crippen molar-refractivity contribution in [1.29, 1.82) is 0 Å². The Bertz CT molecular complexity index is 798. The first-order chi connectivity index (χ1) is 10.2. The van der Waals surface area contributed by atoms with Crippen molar-refractivity contribution < 1.29 is 9.53 Å². The van der Waals surface area contributed by atoms with Gasteiger partial charge in [-0.3, -0.25) is 5.10 Å². The molecule has 0 saturated heterocycles. The van der Waals surface area contributed by atoms with Gasteiger partial charge < -0.3 is 4.74 Å². The third-order valence-corrected chi connectivity index (χ3v) is 3.63. The van der Waals surface area contributed by atoms with Gasteiger partial charge in [0.05, 0.1) is 5.52 Å². The monoisotopic (exact) mass is 300 g/mol. The van der Waals surface area contributed by atoms with Crippen molar-refractivity contribution in [3.8, 4) is 0 Å². The van der Waals surface area contributed by atoms with Crippen molar-refractivity contribution in [3.63, 3.8) is 0 Å². The van der Waals surface area contributed by atoms with Crippen LogP contribution in [0.2, 0.25) is 5.02 Å². The Kier molecular flexibility index (Phi) is 3.62. The van der Waals surface area contributed by atoms with Gasteiger partial charge in [0.1, 0.15) is 6.10 Å². The number of hydrogen-bond acceptors (Lipinski definition) is 3. The summed E-state index contributed by atoms with van der Waals surface area (Å²) in [4.78, 5) is 12.3. The van der Waals surface area contributed by atoms with Gasteiger partial charge in [-0.15, -0.1) is 0 Å².